The lowest BCUT2D eigenvalue weighted by atomic mass is 10.1. The van der Waals surface area contributed by atoms with Crippen LogP contribution < -0.4 is 10.9 Å². The van der Waals surface area contributed by atoms with Crippen LogP contribution in [0.25, 0.3) is 0 Å². The first-order chi connectivity index (χ1) is 12.7. The number of benzene rings is 2. The van der Waals surface area contributed by atoms with Crippen LogP contribution in [0.15, 0.2) is 77.7 Å². The highest BCUT2D eigenvalue weighted by atomic mass is 16.1. The van der Waals surface area contributed by atoms with E-state index in [-0.39, 0.29) is 5.56 Å². The van der Waals surface area contributed by atoms with Crippen molar-refractivity contribution in [3.05, 3.63) is 106 Å². The molecule has 3 nitrogen and oxygen atoms in total. The zero-order chi connectivity index (χ0) is 18.2. The van der Waals surface area contributed by atoms with E-state index >= 15 is 0 Å². The molecule has 26 heavy (non-hydrogen) atoms. The van der Waals surface area contributed by atoms with E-state index in [4.69, 9.17) is 0 Å². The zero-order valence-corrected chi connectivity index (χ0v) is 15.3. The molecule has 0 amide bonds. The molecule has 0 saturated heterocycles. The molecule has 0 spiro atoms. The quantitative estimate of drug-likeness (QED) is 0.676. The van der Waals surface area contributed by atoms with E-state index in [2.05, 4.69) is 59.9 Å². The summed E-state index contributed by atoms with van der Waals surface area (Å²) in [5, 5.41) is 3.15. The molecule has 1 aromatic heterocycles. The average Bonchev–Trinajstić information content (AvgIpc) is 2.68. The van der Waals surface area contributed by atoms with Gasteiger partial charge in [-0.3, -0.25) is 4.79 Å². The second kappa shape index (κ2) is 9.16. The Bertz CT molecular complexity index is 867. The summed E-state index contributed by atoms with van der Waals surface area (Å²) in [6.45, 7) is 1.59. The van der Waals surface area contributed by atoms with Crippen LogP contribution in [0.3, 0.4) is 0 Å². The summed E-state index contributed by atoms with van der Waals surface area (Å²) in [6, 6.07) is 22.8. The van der Waals surface area contributed by atoms with Gasteiger partial charge < -0.3 is 9.88 Å². The van der Waals surface area contributed by atoms with Gasteiger partial charge in [-0.25, -0.2) is 0 Å². The molecule has 3 aromatic rings. The third kappa shape index (κ3) is 5.17. The molecule has 0 radical (unpaired) electrons. The van der Waals surface area contributed by atoms with Crippen molar-refractivity contribution in [2.75, 3.05) is 7.05 Å². The Morgan fingerprint density at radius 3 is 2.12 bits per heavy atom. The lowest BCUT2D eigenvalue weighted by molar-refractivity contribution is 0.666. The fourth-order valence-electron chi connectivity index (χ4n) is 3.10. The molecule has 0 aliphatic heterocycles. The Morgan fingerprint density at radius 2 is 1.42 bits per heavy atom. The van der Waals surface area contributed by atoms with Gasteiger partial charge in [-0.2, -0.15) is 0 Å². The van der Waals surface area contributed by atoms with Crippen molar-refractivity contribution in [1.82, 2.24) is 9.88 Å². The first kappa shape index (κ1) is 18.2. The third-order valence-corrected chi connectivity index (χ3v) is 4.65. The zero-order valence-electron chi connectivity index (χ0n) is 15.3. The largest absolute Gasteiger partial charge is 0.316 e. The van der Waals surface area contributed by atoms with Crippen LogP contribution in [-0.2, 0) is 32.4 Å². The Balaban J connectivity index is 1.56. The van der Waals surface area contributed by atoms with E-state index in [0.29, 0.717) is 6.54 Å². The number of pyridine rings is 1. The molecule has 2 aromatic carbocycles. The predicted molar refractivity (Wildman–Crippen MR) is 107 cm³/mol. The van der Waals surface area contributed by atoms with Crippen LogP contribution in [0.4, 0.5) is 0 Å². The van der Waals surface area contributed by atoms with Crippen molar-refractivity contribution in [1.29, 1.82) is 0 Å². The molecule has 0 aliphatic rings. The van der Waals surface area contributed by atoms with E-state index in [1.807, 2.05) is 19.3 Å². The van der Waals surface area contributed by atoms with Gasteiger partial charge in [0.15, 0.2) is 0 Å². The number of nitrogens with one attached hydrogen (secondary N) is 1. The van der Waals surface area contributed by atoms with Crippen LogP contribution >= 0.6 is 0 Å². The number of nitrogens with zero attached hydrogens (tertiary/aromatic N) is 1. The molecule has 0 fully saturated rings. The van der Waals surface area contributed by atoms with Crippen LogP contribution in [0.5, 0.6) is 0 Å². The standard InChI is InChI=1S/C23H26N2O/c1-24-18-22-11-8-20(9-12-22)13-15-25-16-14-21(17-23(25)26)10-7-19-5-3-2-4-6-19/h2-6,8-9,11-12,14,16-17,24H,7,10,13,15,18H2,1H3. The van der Waals surface area contributed by atoms with E-state index in [9.17, 15) is 4.79 Å². The van der Waals surface area contributed by atoms with Crippen molar-refractivity contribution in [2.24, 2.45) is 0 Å². The van der Waals surface area contributed by atoms with Gasteiger partial charge in [-0.1, -0.05) is 54.6 Å². The Hall–Kier alpha value is -2.65. The van der Waals surface area contributed by atoms with Gasteiger partial charge in [0, 0.05) is 25.4 Å². The van der Waals surface area contributed by atoms with E-state index in [1.165, 1.54) is 16.7 Å². The summed E-state index contributed by atoms with van der Waals surface area (Å²) in [5.41, 5.74) is 5.02. The minimum Gasteiger partial charge on any atom is -0.316 e. The van der Waals surface area contributed by atoms with Crippen LogP contribution in [0.2, 0.25) is 0 Å². The topological polar surface area (TPSA) is 34.0 Å². The number of aromatic nitrogens is 1. The van der Waals surface area contributed by atoms with E-state index in [1.54, 1.807) is 10.6 Å². The summed E-state index contributed by atoms with van der Waals surface area (Å²) < 4.78 is 1.80. The highest BCUT2D eigenvalue weighted by Crippen LogP contribution is 2.08. The van der Waals surface area contributed by atoms with Gasteiger partial charge in [0.25, 0.3) is 5.56 Å². The smallest absolute Gasteiger partial charge is 0.250 e. The number of rotatable bonds is 8. The fraction of sp³-hybridized carbons (Fsp3) is 0.261. The van der Waals surface area contributed by atoms with Crippen molar-refractivity contribution in [3.63, 3.8) is 0 Å². The van der Waals surface area contributed by atoms with Crippen molar-refractivity contribution in [2.45, 2.75) is 32.4 Å². The Kier molecular flexibility index (Phi) is 6.39. The summed E-state index contributed by atoms with van der Waals surface area (Å²) in [6.07, 6.45) is 4.65. The fourth-order valence-corrected chi connectivity index (χ4v) is 3.10. The molecule has 3 heteroatoms. The summed E-state index contributed by atoms with van der Waals surface area (Å²) in [5.74, 6) is 0. The molecule has 0 saturated carbocycles. The maximum atomic E-state index is 12.4. The van der Waals surface area contributed by atoms with Gasteiger partial charge in [-0.05, 0) is 54.6 Å². The van der Waals surface area contributed by atoms with Crippen LogP contribution in [0, 0.1) is 0 Å². The first-order valence-corrected chi connectivity index (χ1v) is 9.20. The molecule has 0 unspecified atom stereocenters. The monoisotopic (exact) mass is 346 g/mol. The van der Waals surface area contributed by atoms with Crippen molar-refractivity contribution >= 4 is 0 Å². The molecule has 134 valence electrons. The van der Waals surface area contributed by atoms with Gasteiger partial charge in [0.05, 0.1) is 0 Å². The van der Waals surface area contributed by atoms with E-state index in [0.717, 1.165) is 31.4 Å². The normalized spacial score (nSPS) is 10.8. The van der Waals surface area contributed by atoms with Crippen molar-refractivity contribution in [3.8, 4) is 0 Å². The number of hydrogen-bond donors (Lipinski definition) is 1. The maximum absolute atomic E-state index is 12.4. The molecular formula is C23H26N2O. The predicted octanol–water partition coefficient (Wildman–Crippen LogP) is 3.60. The minimum absolute atomic E-state index is 0.0855. The Labute approximate surface area is 155 Å². The number of aryl methyl sites for hydroxylation is 4. The average molecular weight is 346 g/mol. The lowest BCUT2D eigenvalue weighted by Gasteiger charge is -2.08. The first-order valence-electron chi connectivity index (χ1n) is 9.20. The molecule has 3 rings (SSSR count). The lowest BCUT2D eigenvalue weighted by Crippen LogP contribution is -2.20. The third-order valence-electron chi connectivity index (χ3n) is 4.65. The molecule has 0 aliphatic carbocycles. The van der Waals surface area contributed by atoms with Crippen LogP contribution in [-0.4, -0.2) is 11.6 Å². The van der Waals surface area contributed by atoms with Crippen molar-refractivity contribution < 1.29 is 0 Å². The molecular weight excluding hydrogens is 320 g/mol. The van der Waals surface area contributed by atoms with Gasteiger partial charge in [0.1, 0.15) is 0 Å². The van der Waals surface area contributed by atoms with E-state index < -0.39 is 0 Å². The van der Waals surface area contributed by atoms with Gasteiger partial charge in [0.2, 0.25) is 0 Å². The molecule has 0 atom stereocenters. The second-order valence-electron chi connectivity index (χ2n) is 6.65. The maximum Gasteiger partial charge on any atom is 0.250 e. The second-order valence-corrected chi connectivity index (χ2v) is 6.65. The summed E-state index contributed by atoms with van der Waals surface area (Å²) in [4.78, 5) is 12.4. The Morgan fingerprint density at radius 1 is 0.769 bits per heavy atom. The summed E-state index contributed by atoms with van der Waals surface area (Å²) in [7, 11) is 1.95. The summed E-state index contributed by atoms with van der Waals surface area (Å²) >= 11 is 0. The highest BCUT2D eigenvalue weighted by molar-refractivity contribution is 5.23. The minimum atomic E-state index is 0.0855. The highest BCUT2D eigenvalue weighted by Gasteiger charge is 2.01. The van der Waals surface area contributed by atoms with Crippen LogP contribution in [0.1, 0.15) is 22.3 Å². The molecule has 1 heterocycles. The molecule has 1 N–H and O–H groups in total. The number of hydrogen-bond acceptors (Lipinski definition) is 2. The van der Waals surface area contributed by atoms with Gasteiger partial charge >= 0.3 is 0 Å². The molecule has 0 bridgehead atoms. The SMILES string of the molecule is CNCc1ccc(CCn2ccc(CCc3ccccc3)cc2=O)cc1. The van der Waals surface area contributed by atoms with Gasteiger partial charge in [-0.15, -0.1) is 0 Å².